The average Bonchev–Trinajstić information content (AvgIpc) is 3.16. The van der Waals surface area contributed by atoms with E-state index < -0.39 is 11.8 Å². The number of carbonyl (C=O) groups excluding carboxylic acids is 3. The zero-order chi connectivity index (χ0) is 18.8. The normalized spacial score (nSPS) is 17.0. The fraction of sp³-hybridized carbons (Fsp3) is 0.421. The number of aromatic nitrogens is 1. The van der Waals surface area contributed by atoms with E-state index in [-0.39, 0.29) is 11.9 Å². The van der Waals surface area contributed by atoms with Crippen molar-refractivity contribution in [3.05, 3.63) is 46.4 Å². The van der Waals surface area contributed by atoms with E-state index in [0.29, 0.717) is 38.4 Å². The molecule has 1 N–H and O–H groups in total. The molecule has 0 atom stereocenters. The highest BCUT2D eigenvalue weighted by atomic mass is 32.1. The van der Waals surface area contributed by atoms with Crippen LogP contribution < -0.4 is 5.32 Å². The first-order valence-corrected chi connectivity index (χ1v) is 10.1. The van der Waals surface area contributed by atoms with E-state index >= 15 is 0 Å². The number of piperazine rings is 1. The van der Waals surface area contributed by atoms with Gasteiger partial charge in [-0.1, -0.05) is 6.07 Å². The maximum Gasteiger partial charge on any atom is 0.312 e. The van der Waals surface area contributed by atoms with Crippen LogP contribution in [0.2, 0.25) is 0 Å². The smallest absolute Gasteiger partial charge is 0.312 e. The first-order chi connectivity index (χ1) is 13.1. The van der Waals surface area contributed by atoms with Gasteiger partial charge in [-0.2, -0.15) is 0 Å². The summed E-state index contributed by atoms with van der Waals surface area (Å²) in [7, 11) is 0. The van der Waals surface area contributed by atoms with Gasteiger partial charge in [0.25, 0.3) is 5.91 Å². The summed E-state index contributed by atoms with van der Waals surface area (Å²) >= 11 is 1.66. The lowest BCUT2D eigenvalue weighted by Crippen LogP contribution is -2.54. The molecule has 1 saturated heterocycles. The van der Waals surface area contributed by atoms with Gasteiger partial charge in [0.05, 0.1) is 6.54 Å². The molecule has 3 heterocycles. The molecule has 2 aromatic heterocycles. The van der Waals surface area contributed by atoms with Gasteiger partial charge >= 0.3 is 11.8 Å². The highest BCUT2D eigenvalue weighted by Gasteiger charge is 2.32. The maximum absolute atomic E-state index is 12.9. The van der Waals surface area contributed by atoms with Gasteiger partial charge in [-0.15, -0.1) is 11.3 Å². The lowest BCUT2D eigenvalue weighted by atomic mass is 10.2. The van der Waals surface area contributed by atoms with Gasteiger partial charge in [0.2, 0.25) is 0 Å². The Balaban J connectivity index is 1.34. The van der Waals surface area contributed by atoms with E-state index in [4.69, 9.17) is 0 Å². The predicted molar refractivity (Wildman–Crippen MR) is 102 cm³/mol. The van der Waals surface area contributed by atoms with Crippen LogP contribution in [0.4, 0.5) is 0 Å². The van der Waals surface area contributed by atoms with Gasteiger partial charge < -0.3 is 19.7 Å². The third-order valence-electron chi connectivity index (χ3n) is 4.92. The van der Waals surface area contributed by atoms with Gasteiger partial charge in [0.1, 0.15) is 5.69 Å². The number of nitrogens with zero attached hydrogens (tertiary/aromatic N) is 3. The molecule has 0 aromatic carbocycles. The van der Waals surface area contributed by atoms with Crippen molar-refractivity contribution < 1.29 is 14.4 Å². The molecular weight excluding hydrogens is 364 g/mol. The highest BCUT2D eigenvalue weighted by molar-refractivity contribution is 7.09. The van der Waals surface area contributed by atoms with Gasteiger partial charge in [0, 0.05) is 43.3 Å². The van der Waals surface area contributed by atoms with Crippen molar-refractivity contribution in [1.29, 1.82) is 0 Å². The van der Waals surface area contributed by atoms with Crippen molar-refractivity contribution in [2.45, 2.75) is 25.4 Å². The summed E-state index contributed by atoms with van der Waals surface area (Å²) in [4.78, 5) is 41.5. The van der Waals surface area contributed by atoms with Crippen molar-refractivity contribution in [2.75, 3.05) is 26.2 Å². The molecule has 2 fully saturated rings. The highest BCUT2D eigenvalue weighted by Crippen LogP contribution is 2.19. The molecule has 0 unspecified atom stereocenters. The van der Waals surface area contributed by atoms with Crippen LogP contribution in [-0.4, -0.2) is 64.3 Å². The Hall–Kier alpha value is -2.61. The van der Waals surface area contributed by atoms with Crippen LogP contribution in [0.15, 0.2) is 35.8 Å². The molecule has 142 valence electrons. The van der Waals surface area contributed by atoms with Crippen molar-refractivity contribution in [2.24, 2.45) is 0 Å². The standard InChI is InChI=1S/C19H22N4O3S/c24-17(20-14-5-6-14)19(26)22-10-8-21(9-11-22)18(25)16-4-1-7-23(16)13-15-3-2-12-27-15/h1-4,7,12,14H,5-6,8-11,13H2,(H,20,24). The Bertz CT molecular complexity index is 833. The molecule has 4 rings (SSSR count). The van der Waals surface area contributed by atoms with Crippen molar-refractivity contribution in [3.63, 3.8) is 0 Å². The van der Waals surface area contributed by atoms with Crippen LogP contribution >= 0.6 is 11.3 Å². The molecule has 1 aliphatic carbocycles. The minimum atomic E-state index is -0.526. The summed E-state index contributed by atoms with van der Waals surface area (Å²) in [5.41, 5.74) is 0.648. The first kappa shape index (κ1) is 17.8. The number of carbonyl (C=O) groups is 3. The van der Waals surface area contributed by atoms with Gasteiger partial charge in [-0.05, 0) is 36.4 Å². The van der Waals surface area contributed by atoms with Crippen LogP contribution in [0.1, 0.15) is 28.2 Å². The summed E-state index contributed by atoms with van der Waals surface area (Å²) in [5, 5.41) is 4.75. The molecule has 0 radical (unpaired) electrons. The third kappa shape index (κ3) is 4.05. The second kappa shape index (κ2) is 7.56. The van der Waals surface area contributed by atoms with E-state index in [1.165, 1.54) is 9.78 Å². The fourth-order valence-corrected chi connectivity index (χ4v) is 3.91. The molecule has 7 nitrogen and oxygen atoms in total. The Morgan fingerprint density at radius 1 is 1.04 bits per heavy atom. The van der Waals surface area contributed by atoms with Gasteiger partial charge in [-0.3, -0.25) is 14.4 Å². The first-order valence-electron chi connectivity index (χ1n) is 9.18. The molecule has 8 heteroatoms. The van der Waals surface area contributed by atoms with Crippen LogP contribution in [0, 0.1) is 0 Å². The molecule has 0 spiro atoms. The number of thiophene rings is 1. The molecule has 1 saturated carbocycles. The third-order valence-corrected chi connectivity index (χ3v) is 5.78. The number of rotatable bonds is 4. The second-order valence-corrected chi connectivity index (χ2v) is 7.97. The lowest BCUT2D eigenvalue weighted by Gasteiger charge is -2.34. The molecule has 0 bridgehead atoms. The minimum absolute atomic E-state index is 0.0360. The lowest BCUT2D eigenvalue weighted by molar-refractivity contribution is -0.146. The van der Waals surface area contributed by atoms with Crippen molar-refractivity contribution in [3.8, 4) is 0 Å². The Morgan fingerprint density at radius 3 is 2.44 bits per heavy atom. The summed E-state index contributed by atoms with van der Waals surface area (Å²) < 4.78 is 1.95. The number of amides is 3. The van der Waals surface area contributed by atoms with Gasteiger partial charge in [0.15, 0.2) is 0 Å². The summed E-state index contributed by atoms with van der Waals surface area (Å²) in [6, 6.07) is 7.93. The van der Waals surface area contributed by atoms with Crippen LogP contribution in [0.3, 0.4) is 0 Å². The number of nitrogens with one attached hydrogen (secondary N) is 1. The Labute approximate surface area is 161 Å². The molecule has 2 aliphatic rings. The topological polar surface area (TPSA) is 74.7 Å². The van der Waals surface area contributed by atoms with Crippen LogP contribution in [0.5, 0.6) is 0 Å². The van der Waals surface area contributed by atoms with Crippen molar-refractivity contribution in [1.82, 2.24) is 19.7 Å². The van der Waals surface area contributed by atoms with E-state index in [1.807, 2.05) is 34.3 Å². The molecule has 2 aromatic rings. The van der Waals surface area contributed by atoms with E-state index in [1.54, 1.807) is 16.2 Å². The summed E-state index contributed by atoms with van der Waals surface area (Å²) in [6.07, 6.45) is 3.81. The fourth-order valence-electron chi connectivity index (χ4n) is 3.21. The quantitative estimate of drug-likeness (QED) is 0.802. The van der Waals surface area contributed by atoms with Crippen LogP contribution in [-0.2, 0) is 16.1 Å². The van der Waals surface area contributed by atoms with Crippen LogP contribution in [0.25, 0.3) is 0 Å². The number of hydrogen-bond donors (Lipinski definition) is 1. The molecule has 1 aliphatic heterocycles. The average molecular weight is 386 g/mol. The minimum Gasteiger partial charge on any atom is -0.345 e. The Kier molecular flexibility index (Phi) is 4.98. The monoisotopic (exact) mass is 386 g/mol. The molecule has 27 heavy (non-hydrogen) atoms. The van der Waals surface area contributed by atoms with Crippen molar-refractivity contribution >= 4 is 29.1 Å². The second-order valence-electron chi connectivity index (χ2n) is 6.93. The molecule has 3 amide bonds. The van der Waals surface area contributed by atoms with Gasteiger partial charge in [-0.25, -0.2) is 0 Å². The Morgan fingerprint density at radius 2 is 1.78 bits per heavy atom. The zero-order valence-corrected chi connectivity index (χ0v) is 15.8. The SMILES string of the molecule is O=C(NC1CC1)C(=O)N1CCN(C(=O)c2cccn2Cc2cccs2)CC1. The largest absolute Gasteiger partial charge is 0.345 e. The summed E-state index contributed by atoms with van der Waals surface area (Å²) in [5.74, 6) is -1.05. The zero-order valence-electron chi connectivity index (χ0n) is 15.0. The van der Waals surface area contributed by atoms with E-state index in [9.17, 15) is 14.4 Å². The molecular formula is C19H22N4O3S. The maximum atomic E-state index is 12.9. The van der Waals surface area contributed by atoms with E-state index in [0.717, 1.165) is 12.8 Å². The number of hydrogen-bond acceptors (Lipinski definition) is 4. The predicted octanol–water partition coefficient (Wildman–Crippen LogP) is 1.16. The summed E-state index contributed by atoms with van der Waals surface area (Å²) in [6.45, 7) is 2.31. The van der Waals surface area contributed by atoms with E-state index in [2.05, 4.69) is 11.4 Å².